The highest BCUT2D eigenvalue weighted by molar-refractivity contribution is 14.1. The molecule has 0 saturated carbocycles. The zero-order valence-electron chi connectivity index (χ0n) is 10.9. The third-order valence-corrected chi connectivity index (χ3v) is 3.45. The van der Waals surface area contributed by atoms with Crippen LogP contribution < -0.4 is 10.6 Å². The average Bonchev–Trinajstić information content (AvgIpc) is 2.37. The number of hydrogen-bond acceptors (Lipinski definition) is 2. The summed E-state index contributed by atoms with van der Waals surface area (Å²) in [6.07, 6.45) is 1.67. The van der Waals surface area contributed by atoms with Crippen molar-refractivity contribution in [3.63, 3.8) is 0 Å². The molecule has 0 aliphatic heterocycles. The molecule has 3 N–H and O–H groups in total. The van der Waals surface area contributed by atoms with Gasteiger partial charge in [0.15, 0.2) is 0 Å². The quantitative estimate of drug-likeness (QED) is 0.690. The van der Waals surface area contributed by atoms with E-state index < -0.39 is 5.97 Å². The number of benzene rings is 1. The van der Waals surface area contributed by atoms with E-state index in [1.807, 2.05) is 36.4 Å². The van der Waals surface area contributed by atoms with E-state index in [0.717, 1.165) is 16.4 Å². The highest BCUT2D eigenvalue weighted by Gasteiger charge is 2.14. The lowest BCUT2D eigenvalue weighted by Gasteiger charge is -2.16. The van der Waals surface area contributed by atoms with Gasteiger partial charge in [0.2, 0.25) is 0 Å². The topological polar surface area (TPSA) is 78.4 Å². The first-order valence-corrected chi connectivity index (χ1v) is 7.16. The third kappa shape index (κ3) is 4.70. The van der Waals surface area contributed by atoms with Gasteiger partial charge in [-0.1, -0.05) is 13.8 Å². The second-order valence-corrected chi connectivity index (χ2v) is 5.35. The largest absolute Gasteiger partial charge is 0.478 e. The zero-order valence-corrected chi connectivity index (χ0v) is 13.0. The number of rotatable bonds is 5. The van der Waals surface area contributed by atoms with Crippen molar-refractivity contribution in [3.05, 3.63) is 27.3 Å². The summed E-state index contributed by atoms with van der Waals surface area (Å²) in [6.45, 7) is 3.98. The van der Waals surface area contributed by atoms with Gasteiger partial charge in [-0.3, -0.25) is 0 Å². The lowest BCUT2D eigenvalue weighted by molar-refractivity contribution is 0.0698. The molecule has 0 heterocycles. The summed E-state index contributed by atoms with van der Waals surface area (Å²) in [6, 6.07) is 4.59. The van der Waals surface area contributed by atoms with Gasteiger partial charge in [-0.2, -0.15) is 0 Å². The van der Waals surface area contributed by atoms with Crippen LogP contribution in [0.3, 0.4) is 0 Å². The predicted octanol–water partition coefficient (Wildman–Crippen LogP) is 3.30. The normalized spacial score (nSPS) is 10.3. The number of nitrogens with one attached hydrogen (secondary N) is 2. The Kier molecular flexibility index (Phi) is 6.07. The van der Waals surface area contributed by atoms with Crippen molar-refractivity contribution in [1.29, 1.82) is 0 Å². The van der Waals surface area contributed by atoms with Crippen LogP contribution in [0.4, 0.5) is 10.5 Å². The lowest BCUT2D eigenvalue weighted by atomic mass is 10.1. The molecule has 0 aliphatic rings. The van der Waals surface area contributed by atoms with E-state index in [0.29, 0.717) is 5.69 Å². The minimum Gasteiger partial charge on any atom is -0.478 e. The number of urea groups is 1. The fraction of sp³-hybridized carbons (Fsp3) is 0.385. The summed E-state index contributed by atoms with van der Waals surface area (Å²) in [7, 11) is 0. The number of aromatic carboxylic acids is 1. The van der Waals surface area contributed by atoms with Crippen molar-refractivity contribution in [1.82, 2.24) is 5.32 Å². The molecular formula is C13H17IN2O3. The molecule has 5 nitrogen and oxygen atoms in total. The van der Waals surface area contributed by atoms with Crippen LogP contribution in [0, 0.1) is 3.57 Å². The second-order valence-electron chi connectivity index (χ2n) is 4.11. The van der Waals surface area contributed by atoms with Crippen molar-refractivity contribution >= 4 is 40.3 Å². The first-order valence-electron chi connectivity index (χ1n) is 6.08. The summed E-state index contributed by atoms with van der Waals surface area (Å²) in [4.78, 5) is 22.9. The molecule has 0 fully saturated rings. The van der Waals surface area contributed by atoms with Crippen LogP contribution in [0.5, 0.6) is 0 Å². The molecule has 0 unspecified atom stereocenters. The maximum absolute atomic E-state index is 11.8. The number of halogens is 1. The van der Waals surface area contributed by atoms with Crippen LogP contribution in [0.1, 0.15) is 37.0 Å². The molecule has 0 bridgehead atoms. The van der Waals surface area contributed by atoms with Gasteiger partial charge in [0.25, 0.3) is 0 Å². The number of carbonyl (C=O) groups is 2. The predicted molar refractivity (Wildman–Crippen MR) is 82.6 cm³/mol. The average molecular weight is 376 g/mol. The Morgan fingerprint density at radius 1 is 1.32 bits per heavy atom. The summed E-state index contributed by atoms with van der Waals surface area (Å²) >= 11 is 2.03. The molecule has 0 aromatic heterocycles. The Morgan fingerprint density at radius 2 is 1.95 bits per heavy atom. The van der Waals surface area contributed by atoms with Gasteiger partial charge in [0.1, 0.15) is 0 Å². The van der Waals surface area contributed by atoms with E-state index in [9.17, 15) is 9.59 Å². The number of carboxylic acids is 1. The molecule has 104 valence electrons. The molecular weight excluding hydrogens is 359 g/mol. The van der Waals surface area contributed by atoms with Crippen LogP contribution in [0.25, 0.3) is 0 Å². The molecule has 1 aromatic carbocycles. The van der Waals surface area contributed by atoms with Gasteiger partial charge in [0, 0.05) is 9.61 Å². The minimum atomic E-state index is -1.06. The van der Waals surface area contributed by atoms with Gasteiger partial charge in [-0.15, -0.1) is 0 Å². The molecule has 0 atom stereocenters. The van der Waals surface area contributed by atoms with Crippen molar-refractivity contribution in [2.24, 2.45) is 0 Å². The van der Waals surface area contributed by atoms with E-state index in [4.69, 9.17) is 5.11 Å². The maximum atomic E-state index is 11.8. The number of amides is 2. The van der Waals surface area contributed by atoms with E-state index >= 15 is 0 Å². The van der Waals surface area contributed by atoms with Gasteiger partial charge in [-0.05, 0) is 53.6 Å². The fourth-order valence-corrected chi connectivity index (χ4v) is 2.13. The molecule has 1 rings (SSSR count). The van der Waals surface area contributed by atoms with E-state index in [2.05, 4.69) is 10.6 Å². The van der Waals surface area contributed by atoms with Crippen molar-refractivity contribution in [2.75, 3.05) is 5.32 Å². The van der Waals surface area contributed by atoms with E-state index in [1.54, 1.807) is 12.1 Å². The van der Waals surface area contributed by atoms with Gasteiger partial charge < -0.3 is 15.7 Å². The first kappa shape index (κ1) is 15.7. The van der Waals surface area contributed by atoms with Crippen molar-refractivity contribution in [2.45, 2.75) is 32.7 Å². The van der Waals surface area contributed by atoms with Gasteiger partial charge >= 0.3 is 12.0 Å². The molecule has 6 heteroatoms. The Labute approximate surface area is 125 Å². The van der Waals surface area contributed by atoms with E-state index in [1.165, 1.54) is 6.07 Å². The van der Waals surface area contributed by atoms with Crippen LogP contribution in [-0.4, -0.2) is 23.1 Å². The second kappa shape index (κ2) is 7.32. The van der Waals surface area contributed by atoms with Gasteiger partial charge in [-0.25, -0.2) is 9.59 Å². The van der Waals surface area contributed by atoms with E-state index in [-0.39, 0.29) is 17.6 Å². The Hall–Kier alpha value is -1.31. The molecule has 0 radical (unpaired) electrons. The molecule has 0 aliphatic carbocycles. The smallest absolute Gasteiger partial charge is 0.337 e. The zero-order chi connectivity index (χ0) is 14.4. The van der Waals surface area contributed by atoms with Crippen LogP contribution >= 0.6 is 22.6 Å². The van der Waals surface area contributed by atoms with Gasteiger partial charge in [0.05, 0.1) is 11.3 Å². The standard InChI is InChI=1S/C13H17IN2O3/c1-3-9(4-2)15-13(19)16-11-6-5-8(14)7-10(11)12(17)18/h5-7,9H,3-4H2,1-2H3,(H,17,18)(H2,15,16,19). The SMILES string of the molecule is CCC(CC)NC(=O)Nc1ccc(I)cc1C(=O)O. The van der Waals surface area contributed by atoms with Crippen LogP contribution in [-0.2, 0) is 0 Å². The Balaban J connectivity index is 2.82. The first-order chi connectivity index (χ1) is 8.97. The summed E-state index contributed by atoms with van der Waals surface area (Å²) in [5, 5.41) is 14.5. The number of carbonyl (C=O) groups excluding carboxylic acids is 1. The molecule has 19 heavy (non-hydrogen) atoms. The number of anilines is 1. The Bertz CT molecular complexity index is 473. The monoisotopic (exact) mass is 376 g/mol. The number of hydrogen-bond donors (Lipinski definition) is 3. The Morgan fingerprint density at radius 3 is 2.47 bits per heavy atom. The molecule has 1 aromatic rings. The maximum Gasteiger partial charge on any atom is 0.337 e. The summed E-state index contributed by atoms with van der Waals surface area (Å²) < 4.78 is 0.806. The van der Waals surface area contributed by atoms with Crippen LogP contribution in [0.15, 0.2) is 18.2 Å². The number of carboxylic acid groups (broad SMARTS) is 1. The molecule has 0 saturated heterocycles. The summed E-state index contributed by atoms with van der Waals surface area (Å²) in [5.74, 6) is -1.06. The third-order valence-electron chi connectivity index (χ3n) is 2.78. The van der Waals surface area contributed by atoms with Crippen molar-refractivity contribution in [3.8, 4) is 0 Å². The lowest BCUT2D eigenvalue weighted by Crippen LogP contribution is -2.37. The van der Waals surface area contributed by atoms with Crippen LogP contribution in [0.2, 0.25) is 0 Å². The minimum absolute atomic E-state index is 0.0894. The fourth-order valence-electron chi connectivity index (χ4n) is 1.64. The molecule has 0 spiro atoms. The molecule has 2 amide bonds. The highest BCUT2D eigenvalue weighted by atomic mass is 127. The summed E-state index contributed by atoms with van der Waals surface area (Å²) in [5.41, 5.74) is 0.392. The highest BCUT2D eigenvalue weighted by Crippen LogP contribution is 2.19. The van der Waals surface area contributed by atoms with Crippen molar-refractivity contribution < 1.29 is 14.7 Å².